The van der Waals surface area contributed by atoms with Crippen LogP contribution in [-0.2, 0) is 6.54 Å². The molecule has 0 saturated heterocycles. The zero-order chi connectivity index (χ0) is 15.4. The third-order valence-electron chi connectivity index (χ3n) is 3.08. The average Bonchev–Trinajstić information content (AvgIpc) is 2.50. The standard InChI is InChI=1S/C16H15BrFNO2/c1-19(10-12-8-13(17)6-7-15(12)18)16(20)11-4-3-5-14(9-11)21-2/h3-9H,10H2,1-2H3. The molecule has 2 rings (SSSR count). The first kappa shape index (κ1) is 15.5. The van der Waals surface area contributed by atoms with Gasteiger partial charge in [-0.2, -0.15) is 0 Å². The molecule has 2 aromatic carbocycles. The summed E-state index contributed by atoms with van der Waals surface area (Å²) >= 11 is 3.30. The summed E-state index contributed by atoms with van der Waals surface area (Å²) in [6, 6.07) is 11.6. The van der Waals surface area contributed by atoms with Gasteiger partial charge in [-0.25, -0.2) is 4.39 Å². The zero-order valence-electron chi connectivity index (χ0n) is 11.8. The molecule has 0 aromatic heterocycles. The molecule has 0 bridgehead atoms. The molecule has 0 radical (unpaired) electrons. The SMILES string of the molecule is COc1cccc(C(=O)N(C)Cc2cc(Br)ccc2F)c1. The average molecular weight is 352 g/mol. The van der Waals surface area contributed by atoms with E-state index in [4.69, 9.17) is 4.74 Å². The van der Waals surface area contributed by atoms with Gasteiger partial charge in [0.05, 0.1) is 7.11 Å². The molecular formula is C16H15BrFNO2. The van der Waals surface area contributed by atoms with Crippen LogP contribution in [0.5, 0.6) is 5.75 Å². The number of carbonyl (C=O) groups excluding carboxylic acids is 1. The van der Waals surface area contributed by atoms with E-state index in [-0.39, 0.29) is 18.3 Å². The number of hydrogen-bond donors (Lipinski definition) is 0. The van der Waals surface area contributed by atoms with E-state index >= 15 is 0 Å². The van der Waals surface area contributed by atoms with Gasteiger partial charge in [0.25, 0.3) is 5.91 Å². The second-order valence-electron chi connectivity index (χ2n) is 4.63. The van der Waals surface area contributed by atoms with Crippen LogP contribution in [0.4, 0.5) is 4.39 Å². The monoisotopic (exact) mass is 351 g/mol. The van der Waals surface area contributed by atoms with Gasteiger partial charge in [0, 0.05) is 29.2 Å². The Morgan fingerprint density at radius 1 is 1.29 bits per heavy atom. The minimum Gasteiger partial charge on any atom is -0.497 e. The van der Waals surface area contributed by atoms with Crippen molar-refractivity contribution in [3.8, 4) is 5.75 Å². The van der Waals surface area contributed by atoms with Gasteiger partial charge in [0.1, 0.15) is 11.6 Å². The molecule has 0 heterocycles. The normalized spacial score (nSPS) is 10.3. The van der Waals surface area contributed by atoms with Gasteiger partial charge >= 0.3 is 0 Å². The van der Waals surface area contributed by atoms with Crippen molar-refractivity contribution in [3.05, 3.63) is 63.9 Å². The van der Waals surface area contributed by atoms with E-state index in [9.17, 15) is 9.18 Å². The number of amides is 1. The molecule has 21 heavy (non-hydrogen) atoms. The predicted octanol–water partition coefficient (Wildman–Crippen LogP) is 3.87. The molecular weight excluding hydrogens is 337 g/mol. The summed E-state index contributed by atoms with van der Waals surface area (Å²) in [7, 11) is 3.19. The molecule has 0 spiro atoms. The Balaban J connectivity index is 2.17. The van der Waals surface area contributed by atoms with Gasteiger partial charge < -0.3 is 9.64 Å². The second-order valence-corrected chi connectivity index (χ2v) is 5.54. The second kappa shape index (κ2) is 6.72. The number of hydrogen-bond acceptors (Lipinski definition) is 2. The molecule has 0 N–H and O–H groups in total. The minimum atomic E-state index is -0.330. The maximum absolute atomic E-state index is 13.7. The summed E-state index contributed by atoms with van der Waals surface area (Å²) in [6.45, 7) is 0.196. The number of halogens is 2. The third kappa shape index (κ3) is 3.82. The number of methoxy groups -OCH3 is 1. The van der Waals surface area contributed by atoms with E-state index in [0.717, 1.165) is 4.47 Å². The molecule has 0 aliphatic heterocycles. The smallest absolute Gasteiger partial charge is 0.254 e. The molecule has 1 amide bonds. The highest BCUT2D eigenvalue weighted by Gasteiger charge is 2.14. The molecule has 0 fully saturated rings. The maximum Gasteiger partial charge on any atom is 0.254 e. The molecule has 2 aromatic rings. The molecule has 0 aliphatic rings. The van der Waals surface area contributed by atoms with Gasteiger partial charge in [0.2, 0.25) is 0 Å². The first-order valence-corrected chi connectivity index (χ1v) is 7.14. The van der Waals surface area contributed by atoms with Crippen molar-refractivity contribution >= 4 is 21.8 Å². The molecule has 0 unspecified atom stereocenters. The summed E-state index contributed by atoms with van der Waals surface area (Å²) in [5.41, 5.74) is 0.968. The lowest BCUT2D eigenvalue weighted by Crippen LogP contribution is -2.26. The number of ether oxygens (including phenoxy) is 1. The van der Waals surface area contributed by atoms with Crippen LogP contribution in [0, 0.1) is 5.82 Å². The highest BCUT2D eigenvalue weighted by Crippen LogP contribution is 2.19. The van der Waals surface area contributed by atoms with Gasteiger partial charge in [-0.05, 0) is 36.4 Å². The lowest BCUT2D eigenvalue weighted by atomic mass is 10.1. The van der Waals surface area contributed by atoms with Gasteiger partial charge in [-0.1, -0.05) is 22.0 Å². The summed E-state index contributed by atoms with van der Waals surface area (Å²) < 4.78 is 19.6. The van der Waals surface area contributed by atoms with Crippen LogP contribution in [0.2, 0.25) is 0 Å². The summed E-state index contributed by atoms with van der Waals surface area (Å²) in [4.78, 5) is 13.8. The summed E-state index contributed by atoms with van der Waals surface area (Å²) in [6.07, 6.45) is 0. The fraction of sp³-hybridized carbons (Fsp3) is 0.188. The summed E-state index contributed by atoms with van der Waals surface area (Å²) in [5.74, 6) is 0.0969. The highest BCUT2D eigenvalue weighted by atomic mass is 79.9. The Bertz CT molecular complexity index is 660. The molecule has 110 valence electrons. The number of nitrogens with zero attached hydrogens (tertiary/aromatic N) is 1. The lowest BCUT2D eigenvalue weighted by molar-refractivity contribution is 0.0783. The van der Waals surface area contributed by atoms with E-state index in [0.29, 0.717) is 16.9 Å². The zero-order valence-corrected chi connectivity index (χ0v) is 13.4. The number of benzene rings is 2. The fourth-order valence-corrected chi connectivity index (χ4v) is 2.38. The Morgan fingerprint density at radius 2 is 2.05 bits per heavy atom. The Labute approximate surface area is 131 Å². The van der Waals surface area contributed by atoms with Crippen molar-refractivity contribution in [2.75, 3.05) is 14.2 Å². The summed E-state index contributed by atoms with van der Waals surface area (Å²) in [5, 5.41) is 0. The van der Waals surface area contributed by atoms with Crippen molar-refractivity contribution in [2.24, 2.45) is 0 Å². The Hall–Kier alpha value is -1.88. The van der Waals surface area contributed by atoms with Crippen LogP contribution in [0.25, 0.3) is 0 Å². The van der Waals surface area contributed by atoms with E-state index < -0.39 is 0 Å². The predicted molar refractivity (Wildman–Crippen MR) is 82.9 cm³/mol. The minimum absolute atomic E-state index is 0.187. The Kier molecular flexibility index (Phi) is 4.96. The molecule has 5 heteroatoms. The van der Waals surface area contributed by atoms with Crippen molar-refractivity contribution in [2.45, 2.75) is 6.54 Å². The quantitative estimate of drug-likeness (QED) is 0.836. The van der Waals surface area contributed by atoms with Gasteiger partial charge in [0.15, 0.2) is 0 Å². The number of carbonyl (C=O) groups is 1. The van der Waals surface area contributed by atoms with Crippen LogP contribution in [-0.4, -0.2) is 25.0 Å². The first-order valence-electron chi connectivity index (χ1n) is 6.34. The fourth-order valence-electron chi connectivity index (χ4n) is 1.97. The van der Waals surface area contributed by atoms with E-state index in [1.807, 2.05) is 0 Å². The van der Waals surface area contributed by atoms with Crippen LogP contribution in [0.1, 0.15) is 15.9 Å². The first-order chi connectivity index (χ1) is 10.0. The van der Waals surface area contributed by atoms with Crippen LogP contribution >= 0.6 is 15.9 Å². The Morgan fingerprint density at radius 3 is 2.76 bits per heavy atom. The lowest BCUT2D eigenvalue weighted by Gasteiger charge is -2.18. The van der Waals surface area contributed by atoms with Crippen LogP contribution in [0.15, 0.2) is 46.9 Å². The maximum atomic E-state index is 13.7. The van der Waals surface area contributed by atoms with Crippen molar-refractivity contribution in [1.82, 2.24) is 4.90 Å². The van der Waals surface area contributed by atoms with E-state index in [2.05, 4.69) is 15.9 Å². The van der Waals surface area contributed by atoms with Crippen molar-refractivity contribution in [3.63, 3.8) is 0 Å². The molecule has 0 atom stereocenters. The molecule has 0 saturated carbocycles. The van der Waals surface area contributed by atoms with Crippen molar-refractivity contribution < 1.29 is 13.9 Å². The van der Waals surface area contributed by atoms with Crippen LogP contribution < -0.4 is 4.74 Å². The molecule has 3 nitrogen and oxygen atoms in total. The van der Waals surface area contributed by atoms with E-state index in [1.54, 1.807) is 50.6 Å². The van der Waals surface area contributed by atoms with Gasteiger partial charge in [-0.3, -0.25) is 4.79 Å². The van der Waals surface area contributed by atoms with Crippen molar-refractivity contribution in [1.29, 1.82) is 0 Å². The van der Waals surface area contributed by atoms with Crippen LogP contribution in [0.3, 0.4) is 0 Å². The highest BCUT2D eigenvalue weighted by molar-refractivity contribution is 9.10. The van der Waals surface area contributed by atoms with Gasteiger partial charge in [-0.15, -0.1) is 0 Å². The molecule has 0 aliphatic carbocycles. The third-order valence-corrected chi connectivity index (χ3v) is 3.57. The topological polar surface area (TPSA) is 29.5 Å². The number of rotatable bonds is 4. The van der Waals surface area contributed by atoms with E-state index in [1.165, 1.54) is 11.0 Å². The largest absolute Gasteiger partial charge is 0.497 e.